The predicted molar refractivity (Wildman–Crippen MR) is 69.1 cm³/mol. The summed E-state index contributed by atoms with van der Waals surface area (Å²) >= 11 is 0. The van der Waals surface area contributed by atoms with Crippen LogP contribution in [-0.4, -0.2) is 62.0 Å². The number of esters is 1. The van der Waals surface area contributed by atoms with Crippen LogP contribution in [0.1, 0.15) is 26.2 Å². The fraction of sp³-hybridized carbons (Fsp3) is 0.846. The minimum Gasteiger partial charge on any atom is -0.466 e. The van der Waals surface area contributed by atoms with Gasteiger partial charge in [0, 0.05) is 26.1 Å². The third-order valence-corrected chi connectivity index (χ3v) is 3.24. The van der Waals surface area contributed by atoms with Crippen LogP contribution in [0, 0.1) is 5.92 Å². The summed E-state index contributed by atoms with van der Waals surface area (Å²) in [7, 11) is 3.92. The molecule has 1 fully saturated rings. The molecular formula is C13H24N2O3. The van der Waals surface area contributed by atoms with Gasteiger partial charge in [-0.1, -0.05) is 0 Å². The first-order chi connectivity index (χ1) is 8.54. The van der Waals surface area contributed by atoms with Crippen molar-refractivity contribution >= 4 is 11.9 Å². The molecule has 0 bridgehead atoms. The van der Waals surface area contributed by atoms with Crippen molar-refractivity contribution in [3.05, 3.63) is 0 Å². The molecule has 0 spiro atoms. The molecule has 104 valence electrons. The lowest BCUT2D eigenvalue weighted by Gasteiger charge is -2.31. The maximum absolute atomic E-state index is 11.9. The molecule has 1 heterocycles. The van der Waals surface area contributed by atoms with E-state index in [9.17, 15) is 9.59 Å². The average Bonchev–Trinajstić information content (AvgIpc) is 2.36. The number of amides is 1. The zero-order valence-electron chi connectivity index (χ0n) is 11.6. The summed E-state index contributed by atoms with van der Waals surface area (Å²) in [5.74, 6) is 0.0479. The van der Waals surface area contributed by atoms with Crippen molar-refractivity contribution in [2.45, 2.75) is 26.2 Å². The zero-order chi connectivity index (χ0) is 13.5. The summed E-state index contributed by atoms with van der Waals surface area (Å²) in [5, 5.41) is 0. The summed E-state index contributed by atoms with van der Waals surface area (Å²) in [6, 6.07) is 0. The van der Waals surface area contributed by atoms with Crippen LogP contribution in [0.15, 0.2) is 0 Å². The van der Waals surface area contributed by atoms with E-state index in [1.807, 2.05) is 30.8 Å². The number of ether oxygens (including phenoxy) is 1. The minimum atomic E-state index is -0.113. The van der Waals surface area contributed by atoms with Gasteiger partial charge < -0.3 is 14.5 Å². The first kappa shape index (κ1) is 15.0. The third-order valence-electron chi connectivity index (χ3n) is 3.24. The fourth-order valence-electron chi connectivity index (χ4n) is 2.10. The SMILES string of the molecule is CCOC(=O)C1CCN(C(=O)CCN(C)C)CC1. The van der Waals surface area contributed by atoms with Gasteiger partial charge in [0.1, 0.15) is 0 Å². The van der Waals surface area contributed by atoms with E-state index in [0.717, 1.165) is 19.4 Å². The molecule has 1 aliphatic heterocycles. The van der Waals surface area contributed by atoms with Crippen molar-refractivity contribution in [3.8, 4) is 0 Å². The van der Waals surface area contributed by atoms with Gasteiger partial charge in [0.25, 0.3) is 0 Å². The number of carbonyl (C=O) groups is 2. The van der Waals surface area contributed by atoms with Crippen molar-refractivity contribution in [3.63, 3.8) is 0 Å². The topological polar surface area (TPSA) is 49.9 Å². The Labute approximate surface area is 109 Å². The molecule has 1 rings (SSSR count). The van der Waals surface area contributed by atoms with Gasteiger partial charge in [-0.15, -0.1) is 0 Å². The van der Waals surface area contributed by atoms with Gasteiger partial charge in [-0.2, -0.15) is 0 Å². The molecule has 0 aromatic carbocycles. The van der Waals surface area contributed by atoms with Gasteiger partial charge in [-0.25, -0.2) is 0 Å². The number of hydrogen-bond acceptors (Lipinski definition) is 4. The summed E-state index contributed by atoms with van der Waals surface area (Å²) in [5.41, 5.74) is 0. The number of rotatable bonds is 5. The highest BCUT2D eigenvalue weighted by molar-refractivity contribution is 5.77. The van der Waals surface area contributed by atoms with Gasteiger partial charge in [0.2, 0.25) is 5.91 Å². The third kappa shape index (κ3) is 4.64. The van der Waals surface area contributed by atoms with Crippen LogP contribution in [-0.2, 0) is 14.3 Å². The Morgan fingerprint density at radius 3 is 2.39 bits per heavy atom. The fourth-order valence-corrected chi connectivity index (χ4v) is 2.10. The molecule has 1 aliphatic rings. The van der Waals surface area contributed by atoms with Crippen molar-refractivity contribution in [1.82, 2.24) is 9.80 Å². The van der Waals surface area contributed by atoms with Crippen molar-refractivity contribution in [1.29, 1.82) is 0 Å². The van der Waals surface area contributed by atoms with Gasteiger partial charge in [-0.05, 0) is 33.9 Å². The zero-order valence-corrected chi connectivity index (χ0v) is 11.6. The quantitative estimate of drug-likeness (QED) is 0.681. The van der Waals surface area contributed by atoms with Crippen LogP contribution in [0.3, 0.4) is 0 Å². The summed E-state index contributed by atoms with van der Waals surface area (Å²) < 4.78 is 5.01. The molecule has 0 radical (unpaired) electrons. The highest BCUT2D eigenvalue weighted by Crippen LogP contribution is 2.19. The van der Waals surface area contributed by atoms with E-state index in [0.29, 0.717) is 26.1 Å². The van der Waals surface area contributed by atoms with E-state index >= 15 is 0 Å². The highest BCUT2D eigenvalue weighted by Gasteiger charge is 2.27. The lowest BCUT2D eigenvalue weighted by atomic mass is 9.97. The van der Waals surface area contributed by atoms with Gasteiger partial charge >= 0.3 is 5.97 Å². The van der Waals surface area contributed by atoms with Crippen LogP contribution in [0.4, 0.5) is 0 Å². The molecular weight excluding hydrogens is 232 g/mol. The molecule has 5 heteroatoms. The summed E-state index contributed by atoms with van der Waals surface area (Å²) in [6.07, 6.45) is 2.01. The van der Waals surface area contributed by atoms with Crippen LogP contribution < -0.4 is 0 Å². The number of hydrogen-bond donors (Lipinski definition) is 0. The molecule has 0 atom stereocenters. The van der Waals surface area contributed by atoms with Gasteiger partial charge in [0.05, 0.1) is 12.5 Å². The monoisotopic (exact) mass is 256 g/mol. The van der Waals surface area contributed by atoms with Crippen LogP contribution in [0.25, 0.3) is 0 Å². The van der Waals surface area contributed by atoms with E-state index in [4.69, 9.17) is 4.74 Å². The molecule has 0 saturated carbocycles. The first-order valence-corrected chi connectivity index (χ1v) is 6.63. The Morgan fingerprint density at radius 1 is 1.28 bits per heavy atom. The second kappa shape index (κ2) is 7.36. The average molecular weight is 256 g/mol. The molecule has 0 aromatic heterocycles. The molecule has 18 heavy (non-hydrogen) atoms. The molecule has 0 unspecified atom stereocenters. The molecule has 1 saturated heterocycles. The second-order valence-electron chi connectivity index (χ2n) is 4.96. The van der Waals surface area contributed by atoms with Crippen molar-refractivity contribution < 1.29 is 14.3 Å². The summed E-state index contributed by atoms with van der Waals surface area (Å²) in [4.78, 5) is 27.3. The molecule has 5 nitrogen and oxygen atoms in total. The molecule has 1 amide bonds. The van der Waals surface area contributed by atoms with E-state index in [1.165, 1.54) is 0 Å². The Balaban J connectivity index is 2.30. The van der Waals surface area contributed by atoms with Gasteiger partial charge in [-0.3, -0.25) is 9.59 Å². The van der Waals surface area contributed by atoms with Crippen LogP contribution in [0.5, 0.6) is 0 Å². The van der Waals surface area contributed by atoms with E-state index in [1.54, 1.807) is 0 Å². The summed E-state index contributed by atoms with van der Waals surface area (Å²) in [6.45, 7) is 4.38. The van der Waals surface area contributed by atoms with E-state index in [2.05, 4.69) is 0 Å². The van der Waals surface area contributed by atoms with Gasteiger partial charge in [0.15, 0.2) is 0 Å². The standard InChI is InChI=1S/C13H24N2O3/c1-4-18-13(17)11-5-9-15(10-6-11)12(16)7-8-14(2)3/h11H,4-10H2,1-3H3. The number of nitrogens with zero attached hydrogens (tertiary/aromatic N) is 2. The highest BCUT2D eigenvalue weighted by atomic mass is 16.5. The lowest BCUT2D eigenvalue weighted by Crippen LogP contribution is -2.41. The predicted octanol–water partition coefficient (Wildman–Crippen LogP) is 0.740. The largest absolute Gasteiger partial charge is 0.466 e. The molecule has 0 aliphatic carbocycles. The van der Waals surface area contributed by atoms with Crippen molar-refractivity contribution in [2.75, 3.05) is 40.3 Å². The molecule has 0 aromatic rings. The smallest absolute Gasteiger partial charge is 0.309 e. The minimum absolute atomic E-state index is 0.0251. The number of piperidine rings is 1. The lowest BCUT2D eigenvalue weighted by molar-refractivity contribution is -0.151. The van der Waals surface area contributed by atoms with E-state index < -0.39 is 0 Å². The first-order valence-electron chi connectivity index (χ1n) is 6.63. The maximum atomic E-state index is 11.9. The Bertz CT molecular complexity index is 284. The Hall–Kier alpha value is -1.10. The second-order valence-corrected chi connectivity index (χ2v) is 4.96. The van der Waals surface area contributed by atoms with Crippen molar-refractivity contribution in [2.24, 2.45) is 5.92 Å². The number of carbonyl (C=O) groups excluding carboxylic acids is 2. The molecule has 0 N–H and O–H groups in total. The van der Waals surface area contributed by atoms with Crippen LogP contribution >= 0.6 is 0 Å². The Morgan fingerprint density at radius 2 is 1.89 bits per heavy atom. The normalized spacial score (nSPS) is 17.0. The maximum Gasteiger partial charge on any atom is 0.309 e. The van der Waals surface area contributed by atoms with E-state index in [-0.39, 0.29) is 17.8 Å². The number of likely N-dealkylation sites (tertiary alicyclic amines) is 1. The Kier molecular flexibility index (Phi) is 6.12. The van der Waals surface area contributed by atoms with Crippen LogP contribution in [0.2, 0.25) is 0 Å².